The lowest BCUT2D eigenvalue weighted by Gasteiger charge is -2.26. The zero-order valence-electron chi connectivity index (χ0n) is 14.7. The first kappa shape index (κ1) is 17.7. The van der Waals surface area contributed by atoms with Crippen LogP contribution in [0.2, 0.25) is 0 Å². The van der Waals surface area contributed by atoms with Crippen molar-refractivity contribution in [3.8, 4) is 5.75 Å². The van der Waals surface area contributed by atoms with Crippen LogP contribution in [-0.2, 0) is 9.59 Å². The number of amides is 1. The summed E-state index contributed by atoms with van der Waals surface area (Å²) in [6, 6.07) is 14.4. The van der Waals surface area contributed by atoms with E-state index in [0.717, 1.165) is 0 Å². The molecule has 0 bridgehead atoms. The average Bonchev–Trinajstić information content (AvgIpc) is 2.87. The van der Waals surface area contributed by atoms with Gasteiger partial charge < -0.3 is 15.1 Å². The van der Waals surface area contributed by atoms with Crippen molar-refractivity contribution in [3.05, 3.63) is 71.3 Å². The van der Waals surface area contributed by atoms with Gasteiger partial charge in [0.1, 0.15) is 11.5 Å². The zero-order chi connectivity index (χ0) is 18.8. The number of ketones is 1. The highest BCUT2D eigenvalue weighted by Crippen LogP contribution is 2.40. The van der Waals surface area contributed by atoms with Crippen LogP contribution in [0.25, 0.3) is 5.76 Å². The summed E-state index contributed by atoms with van der Waals surface area (Å²) < 4.78 is 0. The van der Waals surface area contributed by atoms with Gasteiger partial charge in [-0.1, -0.05) is 56.3 Å². The van der Waals surface area contributed by atoms with Crippen LogP contribution in [0.1, 0.15) is 31.0 Å². The van der Waals surface area contributed by atoms with Gasteiger partial charge in [0, 0.05) is 12.1 Å². The second-order valence-electron chi connectivity index (χ2n) is 6.80. The zero-order valence-corrected chi connectivity index (χ0v) is 14.7. The number of phenols is 1. The van der Waals surface area contributed by atoms with Crippen molar-refractivity contribution in [1.29, 1.82) is 0 Å². The van der Waals surface area contributed by atoms with Crippen LogP contribution in [0.3, 0.4) is 0 Å². The second-order valence-corrected chi connectivity index (χ2v) is 6.80. The monoisotopic (exact) mass is 351 g/mol. The van der Waals surface area contributed by atoms with Crippen LogP contribution >= 0.6 is 0 Å². The summed E-state index contributed by atoms with van der Waals surface area (Å²) in [6.45, 7) is 4.32. The van der Waals surface area contributed by atoms with Crippen molar-refractivity contribution in [1.82, 2.24) is 4.90 Å². The molecule has 1 heterocycles. The maximum absolute atomic E-state index is 12.7. The summed E-state index contributed by atoms with van der Waals surface area (Å²) in [6.07, 6.45) is 0. The van der Waals surface area contributed by atoms with Crippen molar-refractivity contribution in [2.75, 3.05) is 6.54 Å². The molecule has 0 aliphatic carbocycles. The molecule has 1 amide bonds. The van der Waals surface area contributed by atoms with E-state index in [9.17, 15) is 19.8 Å². The van der Waals surface area contributed by atoms with Gasteiger partial charge in [-0.05, 0) is 23.6 Å². The highest BCUT2D eigenvalue weighted by Gasteiger charge is 2.46. The number of aliphatic hydroxyl groups excluding tert-OH is 1. The predicted octanol–water partition coefficient (Wildman–Crippen LogP) is 3.47. The molecular formula is C21H21NO4. The number of carbonyl (C=O) groups is 2. The molecular weight excluding hydrogens is 330 g/mol. The fraction of sp³-hybridized carbons (Fsp3) is 0.238. The molecule has 2 N–H and O–H groups in total. The third-order valence-corrected chi connectivity index (χ3v) is 4.36. The molecule has 1 unspecified atom stereocenters. The number of nitrogens with zero attached hydrogens (tertiary/aromatic N) is 1. The normalized spacial score (nSPS) is 19.3. The molecule has 2 aromatic carbocycles. The number of benzene rings is 2. The van der Waals surface area contributed by atoms with Crippen LogP contribution < -0.4 is 0 Å². The first-order chi connectivity index (χ1) is 12.4. The summed E-state index contributed by atoms with van der Waals surface area (Å²) in [4.78, 5) is 26.8. The number of rotatable bonds is 4. The van der Waals surface area contributed by atoms with Crippen molar-refractivity contribution < 1.29 is 19.8 Å². The lowest BCUT2D eigenvalue weighted by atomic mass is 9.95. The molecule has 1 aliphatic rings. The predicted molar refractivity (Wildman–Crippen MR) is 98.4 cm³/mol. The van der Waals surface area contributed by atoms with Crippen LogP contribution in [0.5, 0.6) is 5.75 Å². The van der Waals surface area contributed by atoms with Gasteiger partial charge in [0.25, 0.3) is 11.7 Å². The van der Waals surface area contributed by atoms with E-state index in [0.29, 0.717) is 17.7 Å². The largest absolute Gasteiger partial charge is 0.508 e. The summed E-state index contributed by atoms with van der Waals surface area (Å²) in [5.74, 6) is -1.24. The SMILES string of the molecule is CC(C)CN1C(=O)C(=O)/C(=C(\O)c2ccccc2)C1c1ccc(O)cc1. The van der Waals surface area contributed by atoms with E-state index in [1.54, 1.807) is 36.4 Å². The van der Waals surface area contributed by atoms with E-state index < -0.39 is 17.7 Å². The van der Waals surface area contributed by atoms with Crippen molar-refractivity contribution in [3.63, 3.8) is 0 Å². The Morgan fingerprint density at radius 2 is 1.65 bits per heavy atom. The molecule has 0 aromatic heterocycles. The molecule has 2 aromatic rings. The third-order valence-electron chi connectivity index (χ3n) is 4.36. The topological polar surface area (TPSA) is 77.8 Å². The minimum absolute atomic E-state index is 0.0764. The Morgan fingerprint density at radius 1 is 1.04 bits per heavy atom. The van der Waals surface area contributed by atoms with Gasteiger partial charge in [-0.2, -0.15) is 0 Å². The fourth-order valence-corrected chi connectivity index (χ4v) is 3.22. The molecule has 0 saturated carbocycles. The second kappa shape index (κ2) is 7.04. The van der Waals surface area contributed by atoms with Gasteiger partial charge in [0.05, 0.1) is 11.6 Å². The Balaban J connectivity index is 2.18. The Bertz CT molecular complexity index is 853. The highest BCUT2D eigenvalue weighted by molar-refractivity contribution is 6.46. The van der Waals surface area contributed by atoms with Crippen molar-refractivity contribution in [2.45, 2.75) is 19.9 Å². The van der Waals surface area contributed by atoms with Crippen LogP contribution in [-0.4, -0.2) is 33.3 Å². The molecule has 0 radical (unpaired) electrons. The van der Waals surface area contributed by atoms with Gasteiger partial charge in [-0.25, -0.2) is 0 Å². The summed E-state index contributed by atoms with van der Waals surface area (Å²) in [5.41, 5.74) is 1.23. The number of aliphatic hydroxyl groups is 1. The number of hydrogen-bond acceptors (Lipinski definition) is 4. The van der Waals surface area contributed by atoms with E-state index in [1.807, 2.05) is 19.9 Å². The van der Waals surface area contributed by atoms with Gasteiger partial charge >= 0.3 is 0 Å². The molecule has 3 rings (SSSR count). The third kappa shape index (κ3) is 3.20. The van der Waals surface area contributed by atoms with E-state index in [2.05, 4.69) is 0 Å². The van der Waals surface area contributed by atoms with E-state index in [4.69, 9.17) is 0 Å². The maximum Gasteiger partial charge on any atom is 0.295 e. The van der Waals surface area contributed by atoms with Crippen LogP contribution in [0, 0.1) is 5.92 Å². The molecule has 26 heavy (non-hydrogen) atoms. The Morgan fingerprint density at radius 3 is 2.23 bits per heavy atom. The lowest BCUT2D eigenvalue weighted by Crippen LogP contribution is -2.33. The van der Waals surface area contributed by atoms with Crippen LogP contribution in [0.15, 0.2) is 60.2 Å². The Hall–Kier alpha value is -3.08. The number of hydrogen-bond donors (Lipinski definition) is 2. The first-order valence-electron chi connectivity index (χ1n) is 8.53. The smallest absolute Gasteiger partial charge is 0.295 e. The number of likely N-dealkylation sites (tertiary alicyclic amines) is 1. The van der Waals surface area contributed by atoms with Crippen molar-refractivity contribution in [2.24, 2.45) is 5.92 Å². The average molecular weight is 351 g/mol. The van der Waals surface area contributed by atoms with Gasteiger partial charge in [0.15, 0.2) is 0 Å². The van der Waals surface area contributed by atoms with E-state index in [1.165, 1.54) is 17.0 Å². The summed E-state index contributed by atoms with van der Waals surface area (Å²) in [5, 5.41) is 20.3. The highest BCUT2D eigenvalue weighted by atomic mass is 16.3. The number of aromatic hydroxyl groups is 1. The quantitative estimate of drug-likeness (QED) is 0.502. The molecule has 1 saturated heterocycles. The molecule has 1 aliphatic heterocycles. The summed E-state index contributed by atoms with van der Waals surface area (Å²) >= 11 is 0. The van der Waals surface area contributed by atoms with E-state index >= 15 is 0 Å². The minimum Gasteiger partial charge on any atom is -0.508 e. The van der Waals surface area contributed by atoms with Gasteiger partial charge in [-0.3, -0.25) is 9.59 Å². The number of Topliss-reactive ketones (excluding diaryl/α,β-unsaturated/α-hetero) is 1. The van der Waals surface area contributed by atoms with Gasteiger partial charge in [0.2, 0.25) is 0 Å². The molecule has 5 nitrogen and oxygen atoms in total. The Kier molecular flexibility index (Phi) is 4.80. The van der Waals surface area contributed by atoms with E-state index in [-0.39, 0.29) is 23.0 Å². The standard InChI is InChI=1S/C21H21NO4/c1-13(2)12-22-18(14-8-10-16(23)11-9-14)17(20(25)21(22)26)19(24)15-6-4-3-5-7-15/h3-11,13,18,23-24H,12H2,1-2H3/b19-17-. The lowest BCUT2D eigenvalue weighted by molar-refractivity contribution is -0.140. The summed E-state index contributed by atoms with van der Waals surface area (Å²) in [7, 11) is 0. The molecule has 5 heteroatoms. The molecule has 1 atom stereocenters. The molecule has 0 spiro atoms. The maximum atomic E-state index is 12.7. The van der Waals surface area contributed by atoms with Crippen molar-refractivity contribution >= 4 is 17.4 Å². The fourth-order valence-electron chi connectivity index (χ4n) is 3.22. The molecule has 1 fully saturated rings. The minimum atomic E-state index is -0.690. The van der Waals surface area contributed by atoms with Crippen LogP contribution in [0.4, 0.5) is 0 Å². The Labute approximate surface area is 152 Å². The first-order valence-corrected chi connectivity index (χ1v) is 8.53. The number of carbonyl (C=O) groups excluding carboxylic acids is 2. The van der Waals surface area contributed by atoms with Gasteiger partial charge in [-0.15, -0.1) is 0 Å². The number of phenolic OH excluding ortho intramolecular Hbond substituents is 1. The molecule has 134 valence electrons.